The summed E-state index contributed by atoms with van der Waals surface area (Å²) in [6, 6.07) is 53.8. The maximum atomic E-state index is 6.02. The summed E-state index contributed by atoms with van der Waals surface area (Å²) in [6.45, 7) is 0. The lowest BCUT2D eigenvalue weighted by atomic mass is 9.96. The monoisotopic (exact) mass is 718 g/mol. The highest BCUT2D eigenvalue weighted by atomic mass is 16.3. The van der Waals surface area contributed by atoms with Crippen molar-refractivity contribution in [3.8, 4) is 61.7 Å². The fourth-order valence-electron chi connectivity index (χ4n) is 8.33. The van der Waals surface area contributed by atoms with Gasteiger partial charge in [-0.1, -0.05) is 103 Å². The summed E-state index contributed by atoms with van der Waals surface area (Å²) < 4.78 is 8.47. The Labute approximate surface area is 323 Å². The third-order valence-corrected chi connectivity index (χ3v) is 11.0. The zero-order chi connectivity index (χ0) is 37.0. The van der Waals surface area contributed by atoms with Crippen molar-refractivity contribution in [1.82, 2.24) is 19.5 Å². The summed E-state index contributed by atoms with van der Waals surface area (Å²) >= 11 is 0. The van der Waals surface area contributed by atoms with E-state index in [1.54, 1.807) is 6.20 Å². The van der Waals surface area contributed by atoms with Gasteiger partial charge in [0.2, 0.25) is 0 Å². The second kappa shape index (κ2) is 13.2. The second-order valence-electron chi connectivity index (χ2n) is 14.4. The Morgan fingerprint density at radius 2 is 1.21 bits per heavy atom. The number of para-hydroxylation sites is 1. The summed E-state index contributed by atoms with van der Waals surface area (Å²) in [5.41, 5.74) is 16.5. The van der Waals surface area contributed by atoms with Gasteiger partial charge in [0.1, 0.15) is 5.58 Å². The van der Waals surface area contributed by atoms with Gasteiger partial charge in [-0.05, 0) is 107 Å². The first-order chi connectivity index (χ1) is 27.7. The van der Waals surface area contributed by atoms with Gasteiger partial charge in [-0.25, -0.2) is 9.97 Å². The number of hydrogen-bond donors (Lipinski definition) is 0. The molecule has 0 aliphatic heterocycles. The predicted octanol–water partition coefficient (Wildman–Crippen LogP) is 13.0. The molecule has 0 fully saturated rings. The van der Waals surface area contributed by atoms with Gasteiger partial charge in [-0.15, -0.1) is 0 Å². The van der Waals surface area contributed by atoms with Crippen LogP contribution in [0.25, 0.3) is 101 Å². The van der Waals surface area contributed by atoms with Crippen molar-refractivity contribution in [3.63, 3.8) is 0 Å². The van der Waals surface area contributed by atoms with Crippen molar-refractivity contribution in [2.75, 3.05) is 0 Å². The van der Waals surface area contributed by atoms with E-state index in [4.69, 9.17) is 14.4 Å². The smallest absolute Gasteiger partial charge is 0.159 e. The van der Waals surface area contributed by atoms with Crippen molar-refractivity contribution in [1.29, 1.82) is 0 Å². The molecule has 4 heterocycles. The molecule has 5 heteroatoms. The molecule has 4 aromatic heterocycles. The molecule has 0 radical (unpaired) electrons. The van der Waals surface area contributed by atoms with E-state index in [-0.39, 0.29) is 0 Å². The quantitative estimate of drug-likeness (QED) is 0.172. The van der Waals surface area contributed by atoms with Crippen LogP contribution in [0.4, 0.5) is 0 Å². The van der Waals surface area contributed by atoms with Crippen LogP contribution in [-0.4, -0.2) is 19.5 Å². The van der Waals surface area contributed by atoms with Gasteiger partial charge in [0, 0.05) is 56.6 Å². The highest BCUT2D eigenvalue weighted by molar-refractivity contribution is 6.06. The van der Waals surface area contributed by atoms with E-state index in [0.29, 0.717) is 5.82 Å². The number of benzene rings is 6. The van der Waals surface area contributed by atoms with Crippen molar-refractivity contribution >= 4 is 38.9 Å². The minimum Gasteiger partial charge on any atom is -0.454 e. The summed E-state index contributed by atoms with van der Waals surface area (Å²) in [5.74, 6) is 0.697. The van der Waals surface area contributed by atoms with E-state index in [1.807, 2.05) is 30.6 Å². The molecule has 6 aromatic carbocycles. The van der Waals surface area contributed by atoms with E-state index >= 15 is 0 Å². The molecule has 1 aliphatic rings. The molecular weight excluding hydrogens is 685 g/mol. The lowest BCUT2D eigenvalue weighted by Gasteiger charge is -2.15. The van der Waals surface area contributed by atoms with Crippen LogP contribution in [0, 0.1) is 0 Å². The zero-order valence-corrected chi connectivity index (χ0v) is 30.4. The maximum absolute atomic E-state index is 6.02. The molecule has 0 unspecified atom stereocenters. The third kappa shape index (κ3) is 5.52. The molecule has 1 aliphatic carbocycles. The Morgan fingerprint density at radius 1 is 0.518 bits per heavy atom. The van der Waals surface area contributed by atoms with Crippen molar-refractivity contribution in [2.45, 2.75) is 12.8 Å². The van der Waals surface area contributed by atoms with Gasteiger partial charge in [0.15, 0.2) is 11.4 Å². The molecule has 0 bridgehead atoms. The number of allylic oxidation sites excluding steroid dienone is 1. The molecule has 0 amide bonds. The minimum absolute atomic E-state index is 0.697. The normalized spacial score (nSPS) is 12.4. The predicted molar refractivity (Wildman–Crippen MR) is 228 cm³/mol. The number of furan rings is 1. The highest BCUT2D eigenvalue weighted by Crippen LogP contribution is 2.37. The SMILES string of the molecule is C1=Cc2c(n(-c3cccc(-c4cccc(-c5nccc(-c6cccc(-c7cccc(-c8ccc9oc%10cnccc%10c9c8)c7)c6)n5)c4)c3)c3ccccc23)CC1. The van der Waals surface area contributed by atoms with Crippen molar-refractivity contribution in [2.24, 2.45) is 0 Å². The summed E-state index contributed by atoms with van der Waals surface area (Å²) in [5, 5.41) is 3.47. The molecule has 10 aromatic rings. The summed E-state index contributed by atoms with van der Waals surface area (Å²) in [6.07, 6.45) is 12.1. The Kier molecular flexibility index (Phi) is 7.56. The molecular formula is C51H34N4O. The number of rotatable bonds is 6. The molecule has 56 heavy (non-hydrogen) atoms. The molecule has 0 N–H and O–H groups in total. The fraction of sp³-hybridized carbons (Fsp3) is 0.0392. The molecule has 0 saturated carbocycles. The van der Waals surface area contributed by atoms with Gasteiger partial charge in [0.25, 0.3) is 0 Å². The Balaban J connectivity index is 0.902. The van der Waals surface area contributed by atoms with Crippen LogP contribution in [0.3, 0.4) is 0 Å². The van der Waals surface area contributed by atoms with E-state index in [1.165, 1.54) is 27.8 Å². The maximum Gasteiger partial charge on any atom is 0.159 e. The van der Waals surface area contributed by atoms with Gasteiger partial charge in [-0.2, -0.15) is 0 Å². The number of aromatic nitrogens is 4. The second-order valence-corrected chi connectivity index (χ2v) is 14.4. The van der Waals surface area contributed by atoms with Gasteiger partial charge in [-0.3, -0.25) is 4.98 Å². The lowest BCUT2D eigenvalue weighted by Crippen LogP contribution is -2.03. The van der Waals surface area contributed by atoms with E-state index in [9.17, 15) is 0 Å². The topological polar surface area (TPSA) is 56.7 Å². The lowest BCUT2D eigenvalue weighted by molar-refractivity contribution is 0.667. The molecule has 11 rings (SSSR count). The van der Waals surface area contributed by atoms with Crippen LogP contribution in [0.5, 0.6) is 0 Å². The van der Waals surface area contributed by atoms with Gasteiger partial charge < -0.3 is 8.98 Å². The number of pyridine rings is 1. The number of hydrogen-bond acceptors (Lipinski definition) is 4. The van der Waals surface area contributed by atoms with Crippen LogP contribution in [-0.2, 0) is 6.42 Å². The Hall–Kier alpha value is -7.37. The van der Waals surface area contributed by atoms with E-state index < -0.39 is 0 Å². The van der Waals surface area contributed by atoms with Crippen molar-refractivity contribution in [3.05, 3.63) is 188 Å². The average Bonchev–Trinajstić information content (AvgIpc) is 3.82. The minimum atomic E-state index is 0.697. The first-order valence-electron chi connectivity index (χ1n) is 19.0. The highest BCUT2D eigenvalue weighted by Gasteiger charge is 2.19. The van der Waals surface area contributed by atoms with Crippen molar-refractivity contribution < 1.29 is 4.42 Å². The van der Waals surface area contributed by atoms with Crippen LogP contribution in [0.2, 0.25) is 0 Å². The van der Waals surface area contributed by atoms with E-state index in [0.717, 1.165) is 85.0 Å². The molecule has 0 saturated heterocycles. The number of nitrogens with zero attached hydrogens (tertiary/aromatic N) is 4. The zero-order valence-electron chi connectivity index (χ0n) is 30.4. The van der Waals surface area contributed by atoms with Crippen LogP contribution in [0.1, 0.15) is 17.7 Å². The number of fused-ring (bicyclic) bond motifs is 6. The Morgan fingerprint density at radius 3 is 2.05 bits per heavy atom. The van der Waals surface area contributed by atoms with Crippen LogP contribution in [0.15, 0.2) is 181 Å². The first kappa shape index (κ1) is 32.1. The summed E-state index contributed by atoms with van der Waals surface area (Å²) in [4.78, 5) is 14.1. The van der Waals surface area contributed by atoms with Gasteiger partial charge in [0.05, 0.1) is 17.4 Å². The van der Waals surface area contributed by atoms with Crippen LogP contribution < -0.4 is 0 Å². The third-order valence-electron chi connectivity index (χ3n) is 11.0. The largest absolute Gasteiger partial charge is 0.454 e. The molecule has 264 valence electrons. The molecule has 0 atom stereocenters. The first-order valence-corrected chi connectivity index (χ1v) is 19.0. The van der Waals surface area contributed by atoms with E-state index in [2.05, 4.69) is 155 Å². The average molecular weight is 719 g/mol. The molecule has 0 spiro atoms. The fourth-order valence-corrected chi connectivity index (χ4v) is 8.33. The summed E-state index contributed by atoms with van der Waals surface area (Å²) in [7, 11) is 0. The Bertz CT molecular complexity index is 3170. The molecule has 5 nitrogen and oxygen atoms in total. The van der Waals surface area contributed by atoms with Crippen LogP contribution >= 0.6 is 0 Å². The van der Waals surface area contributed by atoms with Gasteiger partial charge >= 0.3 is 0 Å². The standard InChI is InChI=1S/C51H34N4O/c1-3-19-47-42(17-1)43-18-2-4-20-48(43)55(47)41-16-8-13-37(30-41)36-12-7-15-40(29-36)51-53-26-24-46(54-51)39-14-6-11-35(28-39)33-9-5-10-34(27-33)38-21-22-49-45(31-38)44-23-25-52-32-50(44)56-49/h1-3,5-19,21-32H,4,20H2.